The predicted octanol–water partition coefficient (Wildman–Crippen LogP) is 4.13. The molecule has 2 N–H and O–H groups in total. The first-order valence-electron chi connectivity index (χ1n) is 7.72. The van der Waals surface area contributed by atoms with Gasteiger partial charge < -0.3 is 10.6 Å². The molecule has 0 aliphatic rings. The van der Waals surface area contributed by atoms with Crippen LogP contribution in [0.5, 0.6) is 0 Å². The Balaban J connectivity index is 0.00000288. The maximum Gasteiger partial charge on any atom is 0.191 e. The number of rotatable bonds is 5. The van der Waals surface area contributed by atoms with Crippen LogP contribution in [0.1, 0.15) is 29.7 Å². The number of nitrogens with zero attached hydrogens (tertiary/aromatic N) is 2. The van der Waals surface area contributed by atoms with E-state index in [1.54, 1.807) is 7.05 Å². The fourth-order valence-corrected chi connectivity index (χ4v) is 2.46. The van der Waals surface area contributed by atoms with Crippen molar-refractivity contribution in [3.63, 3.8) is 0 Å². The van der Waals surface area contributed by atoms with E-state index in [1.165, 1.54) is 16.7 Å². The molecule has 6 heteroatoms. The highest BCUT2D eigenvalue weighted by molar-refractivity contribution is 14.0. The van der Waals surface area contributed by atoms with Gasteiger partial charge in [0.05, 0.1) is 6.04 Å². The van der Waals surface area contributed by atoms with Crippen molar-refractivity contribution in [2.24, 2.45) is 4.99 Å². The number of nitrogens with one attached hydrogen (secondary N) is 2. The monoisotopic (exact) mass is 458 g/mol. The molecular weight excluding hydrogens is 435 g/mol. The van der Waals surface area contributed by atoms with E-state index in [1.807, 2.05) is 36.7 Å². The molecule has 0 saturated carbocycles. The summed E-state index contributed by atoms with van der Waals surface area (Å²) in [5, 5.41) is 7.48. The third-order valence-corrected chi connectivity index (χ3v) is 4.02. The van der Waals surface area contributed by atoms with Crippen molar-refractivity contribution in [3.05, 3.63) is 64.4 Å². The number of aryl methyl sites for hydroxylation is 1. The minimum absolute atomic E-state index is 0. The van der Waals surface area contributed by atoms with Crippen LogP contribution in [0.15, 0.2) is 47.7 Å². The molecule has 0 radical (unpaired) electrons. The molecular formula is C18H24ClIN4. The van der Waals surface area contributed by atoms with E-state index in [0.29, 0.717) is 0 Å². The summed E-state index contributed by atoms with van der Waals surface area (Å²) in [5.74, 6) is 0.791. The van der Waals surface area contributed by atoms with E-state index in [-0.39, 0.29) is 30.0 Å². The van der Waals surface area contributed by atoms with Crippen molar-refractivity contribution in [2.45, 2.75) is 26.3 Å². The smallest absolute Gasteiger partial charge is 0.191 e. The second-order valence-electron chi connectivity index (χ2n) is 5.47. The molecule has 0 aliphatic carbocycles. The highest BCUT2D eigenvalue weighted by Crippen LogP contribution is 2.15. The Morgan fingerprint density at radius 1 is 1.25 bits per heavy atom. The Labute approximate surface area is 166 Å². The van der Waals surface area contributed by atoms with E-state index in [2.05, 4.69) is 40.5 Å². The lowest BCUT2D eigenvalue weighted by atomic mass is 10.1. The first-order valence-corrected chi connectivity index (χ1v) is 8.10. The lowest BCUT2D eigenvalue weighted by Gasteiger charge is -2.18. The molecule has 4 nitrogen and oxygen atoms in total. The zero-order chi connectivity index (χ0) is 16.7. The molecule has 0 bridgehead atoms. The molecule has 130 valence electrons. The molecule has 1 aromatic heterocycles. The molecule has 1 unspecified atom stereocenters. The average molecular weight is 459 g/mol. The molecule has 1 aromatic carbocycles. The van der Waals surface area contributed by atoms with Gasteiger partial charge in [0.25, 0.3) is 0 Å². The Hall–Kier alpha value is -1.34. The Morgan fingerprint density at radius 3 is 2.58 bits per heavy atom. The van der Waals surface area contributed by atoms with Crippen LogP contribution >= 0.6 is 35.6 Å². The largest absolute Gasteiger partial charge is 0.356 e. The summed E-state index contributed by atoms with van der Waals surface area (Å²) in [5.41, 5.74) is 3.68. The van der Waals surface area contributed by atoms with E-state index >= 15 is 0 Å². The molecule has 0 fully saturated rings. The molecule has 0 saturated heterocycles. The third-order valence-electron chi connectivity index (χ3n) is 3.77. The summed E-state index contributed by atoms with van der Waals surface area (Å²) in [6, 6.07) is 10.1. The number of pyridine rings is 1. The van der Waals surface area contributed by atoms with Crippen LogP contribution in [0.4, 0.5) is 0 Å². The molecule has 0 amide bonds. The van der Waals surface area contributed by atoms with E-state index in [9.17, 15) is 0 Å². The molecule has 0 aliphatic heterocycles. The third kappa shape index (κ3) is 6.28. The van der Waals surface area contributed by atoms with Crippen LogP contribution in [0.25, 0.3) is 0 Å². The quantitative estimate of drug-likeness (QED) is 0.402. The summed E-state index contributed by atoms with van der Waals surface area (Å²) < 4.78 is 0. The fraction of sp³-hybridized carbons (Fsp3) is 0.333. The van der Waals surface area contributed by atoms with Gasteiger partial charge in [-0.3, -0.25) is 9.98 Å². The minimum Gasteiger partial charge on any atom is -0.356 e. The number of hydrogen-bond donors (Lipinski definition) is 2. The molecule has 1 atom stereocenters. The van der Waals surface area contributed by atoms with Crippen molar-refractivity contribution < 1.29 is 0 Å². The van der Waals surface area contributed by atoms with Gasteiger partial charge in [-0.2, -0.15) is 0 Å². The van der Waals surface area contributed by atoms with Crippen LogP contribution in [-0.4, -0.2) is 24.5 Å². The zero-order valence-corrected chi connectivity index (χ0v) is 17.3. The van der Waals surface area contributed by atoms with E-state index in [4.69, 9.17) is 11.6 Å². The summed E-state index contributed by atoms with van der Waals surface area (Å²) in [4.78, 5) is 8.40. The van der Waals surface area contributed by atoms with Gasteiger partial charge in [-0.1, -0.05) is 23.7 Å². The van der Waals surface area contributed by atoms with Crippen LogP contribution in [0.2, 0.25) is 5.02 Å². The minimum atomic E-state index is 0. The number of hydrogen-bond acceptors (Lipinski definition) is 2. The molecule has 2 rings (SSSR count). The maximum absolute atomic E-state index is 5.93. The summed E-state index contributed by atoms with van der Waals surface area (Å²) in [7, 11) is 1.78. The van der Waals surface area contributed by atoms with Gasteiger partial charge in [-0.25, -0.2) is 0 Å². The maximum atomic E-state index is 5.93. The second kappa shape index (κ2) is 10.5. The molecule has 24 heavy (non-hydrogen) atoms. The topological polar surface area (TPSA) is 49.3 Å². The second-order valence-corrected chi connectivity index (χ2v) is 5.91. The Kier molecular flexibility index (Phi) is 9.07. The van der Waals surface area contributed by atoms with Crippen LogP contribution in [0.3, 0.4) is 0 Å². The normalized spacial score (nSPS) is 12.2. The van der Waals surface area contributed by atoms with Gasteiger partial charge >= 0.3 is 0 Å². The van der Waals surface area contributed by atoms with Crippen molar-refractivity contribution in [1.82, 2.24) is 15.6 Å². The van der Waals surface area contributed by atoms with E-state index < -0.39 is 0 Å². The number of benzene rings is 1. The van der Waals surface area contributed by atoms with E-state index in [0.717, 1.165) is 23.9 Å². The average Bonchev–Trinajstić information content (AvgIpc) is 2.56. The zero-order valence-electron chi connectivity index (χ0n) is 14.2. The van der Waals surface area contributed by atoms with Crippen molar-refractivity contribution in [1.29, 1.82) is 0 Å². The van der Waals surface area contributed by atoms with Crippen molar-refractivity contribution in [3.8, 4) is 0 Å². The van der Waals surface area contributed by atoms with Gasteiger partial charge in [0, 0.05) is 31.0 Å². The fourth-order valence-electron chi connectivity index (χ4n) is 2.33. The van der Waals surface area contributed by atoms with Gasteiger partial charge in [-0.15, -0.1) is 24.0 Å². The van der Waals surface area contributed by atoms with Crippen LogP contribution in [0, 0.1) is 6.92 Å². The Morgan fingerprint density at radius 2 is 1.96 bits per heavy atom. The lowest BCUT2D eigenvalue weighted by molar-refractivity contribution is 0.684. The standard InChI is InChI=1S/C18H23ClN4.HI/c1-13-12-21-10-8-15(13)9-11-22-18(20-3)23-14(2)16-4-6-17(19)7-5-16;/h4-8,10,12,14H,9,11H2,1-3H3,(H2,20,22,23);1H. The number of guanidine groups is 1. The van der Waals surface area contributed by atoms with Crippen LogP contribution in [-0.2, 0) is 6.42 Å². The number of halogens is 2. The van der Waals surface area contributed by atoms with Crippen molar-refractivity contribution in [2.75, 3.05) is 13.6 Å². The molecule has 2 aromatic rings. The summed E-state index contributed by atoms with van der Waals surface area (Å²) in [6.45, 7) is 5.00. The predicted molar refractivity (Wildman–Crippen MR) is 112 cm³/mol. The molecule has 0 spiro atoms. The SMILES string of the molecule is CN=C(NCCc1ccncc1C)NC(C)c1ccc(Cl)cc1.I. The highest BCUT2D eigenvalue weighted by atomic mass is 127. The number of aromatic nitrogens is 1. The van der Waals surface area contributed by atoms with Gasteiger partial charge in [0.1, 0.15) is 0 Å². The summed E-state index contributed by atoms with van der Waals surface area (Å²) >= 11 is 5.93. The van der Waals surface area contributed by atoms with Gasteiger partial charge in [-0.05, 0) is 55.2 Å². The first-order chi connectivity index (χ1) is 11.1. The van der Waals surface area contributed by atoms with Gasteiger partial charge in [0.15, 0.2) is 5.96 Å². The van der Waals surface area contributed by atoms with Crippen molar-refractivity contribution >= 4 is 41.5 Å². The lowest BCUT2D eigenvalue weighted by Crippen LogP contribution is -2.39. The van der Waals surface area contributed by atoms with Crippen LogP contribution < -0.4 is 10.6 Å². The Bertz CT molecular complexity index is 658. The first kappa shape index (κ1) is 20.7. The molecule has 1 heterocycles. The van der Waals surface area contributed by atoms with Gasteiger partial charge in [0.2, 0.25) is 0 Å². The summed E-state index contributed by atoms with van der Waals surface area (Å²) in [6.07, 6.45) is 4.66. The number of aliphatic imine (C=N–C) groups is 1. The highest BCUT2D eigenvalue weighted by Gasteiger charge is 2.07.